The van der Waals surface area contributed by atoms with Crippen LogP contribution in [0.4, 0.5) is 9.93 Å². The van der Waals surface area contributed by atoms with Gasteiger partial charge in [-0.3, -0.25) is 5.32 Å². The number of piperidine rings is 1. The molecule has 3 heterocycles. The minimum absolute atomic E-state index is 0.260. The van der Waals surface area contributed by atoms with E-state index >= 15 is 0 Å². The minimum Gasteiger partial charge on any atom is -0.497 e. The lowest BCUT2D eigenvalue weighted by atomic mass is 9.84. The Kier molecular flexibility index (Phi) is 5.20. The number of hydrogen-bond donors (Lipinski definition) is 2. The van der Waals surface area contributed by atoms with Crippen LogP contribution in [0.15, 0.2) is 30.6 Å². The van der Waals surface area contributed by atoms with E-state index in [1.165, 1.54) is 24.8 Å². The van der Waals surface area contributed by atoms with E-state index in [1.807, 2.05) is 24.3 Å². The zero-order chi connectivity index (χ0) is 20.4. The molecule has 2 aromatic heterocycles. The zero-order valence-corrected chi connectivity index (χ0v) is 16.9. The molecule has 0 bridgehead atoms. The van der Waals surface area contributed by atoms with Crippen LogP contribution in [0.1, 0.15) is 18.4 Å². The van der Waals surface area contributed by atoms with E-state index in [0.717, 1.165) is 5.56 Å². The summed E-state index contributed by atoms with van der Waals surface area (Å²) in [6.45, 7) is 0.848. The van der Waals surface area contributed by atoms with Gasteiger partial charge in [0.25, 0.3) is 0 Å². The summed E-state index contributed by atoms with van der Waals surface area (Å²) in [5.41, 5.74) is 0.333. The maximum atomic E-state index is 12.7. The molecule has 1 aromatic carbocycles. The molecular weight excluding hydrogens is 394 g/mol. The summed E-state index contributed by atoms with van der Waals surface area (Å²) in [5.74, 6) is 1.07. The summed E-state index contributed by atoms with van der Waals surface area (Å²) in [5, 5.41) is 14.3. The first-order valence-electron chi connectivity index (χ1n) is 9.11. The lowest BCUT2D eigenvalue weighted by Crippen LogP contribution is -2.46. The Hall–Kier alpha value is -2.98. The quantitative estimate of drug-likeness (QED) is 0.674. The number of ether oxygens (including phenoxy) is 2. The number of benzene rings is 1. The number of aromatic nitrogens is 3. The summed E-state index contributed by atoms with van der Waals surface area (Å²) in [6.07, 6.45) is 2.27. The number of nitrogens with one attached hydrogen (secondary N) is 1. The lowest BCUT2D eigenvalue weighted by molar-refractivity contribution is -0.0158. The van der Waals surface area contributed by atoms with Crippen molar-refractivity contribution >= 4 is 32.8 Å². The van der Waals surface area contributed by atoms with Gasteiger partial charge in [0.1, 0.15) is 12.1 Å². The monoisotopic (exact) mass is 415 g/mol. The van der Waals surface area contributed by atoms with Crippen LogP contribution in [0, 0.1) is 0 Å². The SMILES string of the molecule is COc1cccc(C2(O)CCN(C(=O)Nc3nc4c(OC)ncnc4s3)CC2)c1. The maximum Gasteiger partial charge on any atom is 0.323 e. The second kappa shape index (κ2) is 7.80. The third-order valence-electron chi connectivity index (χ3n) is 5.05. The first kappa shape index (κ1) is 19.3. The first-order valence-corrected chi connectivity index (χ1v) is 9.92. The fourth-order valence-corrected chi connectivity index (χ4v) is 4.18. The number of carbonyl (C=O) groups is 1. The van der Waals surface area contributed by atoms with Crippen LogP contribution in [0.2, 0.25) is 0 Å². The maximum absolute atomic E-state index is 12.7. The number of aliphatic hydroxyl groups is 1. The van der Waals surface area contributed by atoms with Crippen LogP contribution >= 0.6 is 11.3 Å². The molecule has 152 valence electrons. The van der Waals surface area contributed by atoms with E-state index in [4.69, 9.17) is 9.47 Å². The van der Waals surface area contributed by atoms with Gasteiger partial charge in [-0.1, -0.05) is 23.5 Å². The normalized spacial score (nSPS) is 15.9. The summed E-state index contributed by atoms with van der Waals surface area (Å²) in [6, 6.07) is 7.16. The molecule has 0 unspecified atom stereocenters. The summed E-state index contributed by atoms with van der Waals surface area (Å²) in [7, 11) is 3.11. The highest BCUT2D eigenvalue weighted by molar-refractivity contribution is 7.22. The van der Waals surface area contributed by atoms with Crippen molar-refractivity contribution in [2.24, 2.45) is 0 Å². The Bertz CT molecular complexity index is 1030. The highest BCUT2D eigenvalue weighted by Gasteiger charge is 2.36. The van der Waals surface area contributed by atoms with Crippen LogP contribution < -0.4 is 14.8 Å². The highest BCUT2D eigenvalue weighted by Crippen LogP contribution is 2.35. The van der Waals surface area contributed by atoms with Gasteiger partial charge in [0, 0.05) is 13.1 Å². The smallest absolute Gasteiger partial charge is 0.323 e. The molecule has 1 saturated heterocycles. The van der Waals surface area contributed by atoms with Crippen molar-refractivity contribution in [3.63, 3.8) is 0 Å². The Morgan fingerprint density at radius 3 is 2.76 bits per heavy atom. The first-order chi connectivity index (χ1) is 14.0. The van der Waals surface area contributed by atoms with Gasteiger partial charge in [-0.25, -0.2) is 14.8 Å². The van der Waals surface area contributed by atoms with Crippen molar-refractivity contribution in [2.45, 2.75) is 18.4 Å². The second-order valence-corrected chi connectivity index (χ2v) is 7.71. The van der Waals surface area contributed by atoms with Gasteiger partial charge >= 0.3 is 6.03 Å². The van der Waals surface area contributed by atoms with Crippen LogP contribution in [0.25, 0.3) is 10.3 Å². The number of methoxy groups -OCH3 is 2. The van der Waals surface area contributed by atoms with E-state index in [-0.39, 0.29) is 6.03 Å². The molecule has 10 heteroatoms. The molecule has 9 nitrogen and oxygen atoms in total. The number of nitrogens with zero attached hydrogens (tertiary/aromatic N) is 4. The fourth-order valence-electron chi connectivity index (χ4n) is 3.39. The van der Waals surface area contributed by atoms with E-state index in [0.29, 0.717) is 53.0 Å². The van der Waals surface area contributed by atoms with E-state index in [9.17, 15) is 9.90 Å². The summed E-state index contributed by atoms with van der Waals surface area (Å²) >= 11 is 1.26. The number of urea groups is 1. The predicted octanol–water partition coefficient (Wildman–Crippen LogP) is 2.62. The summed E-state index contributed by atoms with van der Waals surface area (Å²) < 4.78 is 10.4. The number of fused-ring (bicyclic) bond motifs is 1. The standard InChI is InChI=1S/C19H21N5O4S/c1-27-13-5-3-4-12(10-13)19(26)6-8-24(9-7-19)18(25)23-17-22-14-15(28-2)20-11-21-16(14)29-17/h3-5,10-11,26H,6-9H2,1-2H3,(H,22,23,25). The molecule has 29 heavy (non-hydrogen) atoms. The van der Waals surface area contributed by atoms with Crippen LogP contribution in [0.3, 0.4) is 0 Å². The van der Waals surface area contributed by atoms with Gasteiger partial charge < -0.3 is 19.5 Å². The second-order valence-electron chi connectivity index (χ2n) is 6.74. The van der Waals surface area contributed by atoms with Crippen molar-refractivity contribution in [3.05, 3.63) is 36.2 Å². The van der Waals surface area contributed by atoms with Crippen molar-refractivity contribution < 1.29 is 19.4 Å². The van der Waals surface area contributed by atoms with Gasteiger partial charge in [0.05, 0.1) is 19.8 Å². The molecule has 0 aliphatic carbocycles. The number of thiazole rings is 1. The van der Waals surface area contributed by atoms with Crippen LogP contribution in [-0.2, 0) is 5.60 Å². The molecule has 1 fully saturated rings. The van der Waals surface area contributed by atoms with Gasteiger partial charge in [0.15, 0.2) is 15.5 Å². The molecule has 3 aromatic rings. The van der Waals surface area contributed by atoms with Crippen LogP contribution in [0.5, 0.6) is 11.6 Å². The number of amides is 2. The van der Waals surface area contributed by atoms with Crippen LogP contribution in [-0.4, -0.2) is 58.3 Å². The molecule has 1 aliphatic rings. The van der Waals surface area contributed by atoms with E-state index < -0.39 is 5.60 Å². The van der Waals surface area contributed by atoms with E-state index in [2.05, 4.69) is 20.3 Å². The topological polar surface area (TPSA) is 110 Å². The van der Waals surface area contributed by atoms with E-state index in [1.54, 1.807) is 12.0 Å². The van der Waals surface area contributed by atoms with Crippen molar-refractivity contribution in [3.8, 4) is 11.6 Å². The molecule has 0 spiro atoms. The minimum atomic E-state index is -0.982. The average Bonchev–Trinajstić information content (AvgIpc) is 3.16. The number of hydrogen-bond acceptors (Lipinski definition) is 8. The van der Waals surface area contributed by atoms with Crippen molar-refractivity contribution in [2.75, 3.05) is 32.6 Å². The van der Waals surface area contributed by atoms with Crippen molar-refractivity contribution in [1.82, 2.24) is 19.9 Å². The van der Waals surface area contributed by atoms with Gasteiger partial charge in [-0.2, -0.15) is 4.98 Å². The molecule has 0 saturated carbocycles. The summed E-state index contributed by atoms with van der Waals surface area (Å²) in [4.78, 5) is 27.5. The molecule has 2 amide bonds. The zero-order valence-electron chi connectivity index (χ0n) is 16.1. The molecule has 0 radical (unpaired) electrons. The lowest BCUT2D eigenvalue weighted by Gasteiger charge is -2.38. The molecule has 4 rings (SSSR count). The average molecular weight is 415 g/mol. The molecular formula is C19H21N5O4S. The third kappa shape index (κ3) is 3.81. The number of rotatable bonds is 4. The Labute approximate surface area is 171 Å². The highest BCUT2D eigenvalue weighted by atomic mass is 32.1. The molecule has 2 N–H and O–H groups in total. The Balaban J connectivity index is 1.42. The van der Waals surface area contributed by atoms with Gasteiger partial charge in [-0.05, 0) is 30.5 Å². The number of carbonyl (C=O) groups excluding carboxylic acids is 1. The van der Waals surface area contributed by atoms with Crippen molar-refractivity contribution in [1.29, 1.82) is 0 Å². The predicted molar refractivity (Wildman–Crippen MR) is 108 cm³/mol. The Morgan fingerprint density at radius 1 is 1.24 bits per heavy atom. The molecule has 0 atom stereocenters. The largest absolute Gasteiger partial charge is 0.497 e. The fraction of sp³-hybridized carbons (Fsp3) is 0.368. The number of likely N-dealkylation sites (tertiary alicyclic amines) is 1. The Morgan fingerprint density at radius 2 is 2.03 bits per heavy atom. The molecule has 1 aliphatic heterocycles. The third-order valence-corrected chi connectivity index (χ3v) is 5.93. The van der Waals surface area contributed by atoms with Gasteiger partial charge in [-0.15, -0.1) is 0 Å². The number of anilines is 1. The van der Waals surface area contributed by atoms with Gasteiger partial charge in [0.2, 0.25) is 5.88 Å².